The summed E-state index contributed by atoms with van der Waals surface area (Å²) in [6.45, 7) is 2.08. The van der Waals surface area contributed by atoms with Gasteiger partial charge in [0.2, 0.25) is 5.43 Å². The van der Waals surface area contributed by atoms with Gasteiger partial charge in [0.05, 0.1) is 5.52 Å². The molecule has 2 heterocycles. The molecule has 1 aliphatic rings. The van der Waals surface area contributed by atoms with Crippen LogP contribution in [0.5, 0.6) is 0 Å². The Morgan fingerprint density at radius 2 is 2.12 bits per heavy atom. The molecule has 1 atom stereocenters. The summed E-state index contributed by atoms with van der Waals surface area (Å²) in [5.41, 5.74) is 2.46. The number of rotatable bonds is 2. The second kappa shape index (κ2) is 6.00. The summed E-state index contributed by atoms with van der Waals surface area (Å²) in [7, 11) is 0. The van der Waals surface area contributed by atoms with Crippen molar-refractivity contribution in [3.8, 4) is 0 Å². The molecule has 0 radical (unpaired) electrons. The van der Waals surface area contributed by atoms with Crippen LogP contribution in [-0.4, -0.2) is 10.5 Å². The normalized spacial score (nSPS) is 15.6. The summed E-state index contributed by atoms with van der Waals surface area (Å²) in [6, 6.07) is 10.9. The molecule has 4 rings (SSSR count). The van der Waals surface area contributed by atoms with E-state index >= 15 is 0 Å². The van der Waals surface area contributed by atoms with Gasteiger partial charge in [-0.25, -0.2) is 0 Å². The van der Waals surface area contributed by atoms with Gasteiger partial charge in [0.15, 0.2) is 0 Å². The fraction of sp³-hybridized carbons (Fsp3) is 0.158. The predicted molar refractivity (Wildman–Crippen MR) is 104 cm³/mol. The topological polar surface area (TPSA) is 51.1 Å². The van der Waals surface area contributed by atoms with Gasteiger partial charge in [0, 0.05) is 32.8 Å². The van der Waals surface area contributed by atoms with Gasteiger partial charge in [0.25, 0.3) is 5.91 Å². The first kappa shape index (κ1) is 16.4. The smallest absolute Gasteiger partial charge is 0.261 e. The second-order valence-corrected chi connectivity index (χ2v) is 7.61. The molecular weight excluding hydrogens is 404 g/mol. The fourth-order valence-corrected chi connectivity index (χ4v) is 4.08. The summed E-state index contributed by atoms with van der Waals surface area (Å²) < 4.78 is 2.87. The molecule has 126 valence electrons. The van der Waals surface area contributed by atoms with E-state index in [0.717, 1.165) is 22.0 Å². The first-order valence-corrected chi connectivity index (χ1v) is 9.05. The molecule has 25 heavy (non-hydrogen) atoms. The zero-order chi connectivity index (χ0) is 17.7. The number of carbonyl (C=O) groups excluding carboxylic acids is 1. The van der Waals surface area contributed by atoms with Crippen LogP contribution in [0.3, 0.4) is 0 Å². The molecule has 0 bridgehead atoms. The van der Waals surface area contributed by atoms with Crippen molar-refractivity contribution in [3.05, 3.63) is 73.4 Å². The maximum atomic E-state index is 12.9. The van der Waals surface area contributed by atoms with Crippen molar-refractivity contribution in [2.24, 2.45) is 0 Å². The van der Waals surface area contributed by atoms with Crippen LogP contribution in [-0.2, 0) is 6.42 Å². The maximum Gasteiger partial charge on any atom is 0.261 e. The first-order chi connectivity index (χ1) is 11.9. The van der Waals surface area contributed by atoms with Crippen LogP contribution in [0.25, 0.3) is 10.9 Å². The van der Waals surface area contributed by atoms with Crippen molar-refractivity contribution in [2.75, 3.05) is 5.32 Å². The van der Waals surface area contributed by atoms with Crippen molar-refractivity contribution in [2.45, 2.75) is 19.4 Å². The summed E-state index contributed by atoms with van der Waals surface area (Å²) in [4.78, 5) is 25.6. The minimum atomic E-state index is -0.432. The molecule has 1 amide bonds. The number of amides is 1. The third-order valence-corrected chi connectivity index (χ3v) is 5.18. The highest BCUT2D eigenvalue weighted by Gasteiger charge is 2.25. The van der Waals surface area contributed by atoms with Gasteiger partial charge in [-0.3, -0.25) is 9.59 Å². The highest BCUT2D eigenvalue weighted by molar-refractivity contribution is 9.10. The zero-order valence-electron chi connectivity index (χ0n) is 13.3. The van der Waals surface area contributed by atoms with E-state index in [1.54, 1.807) is 36.5 Å². The lowest BCUT2D eigenvalue weighted by molar-refractivity contribution is 0.102. The molecule has 1 aromatic heterocycles. The Labute approximate surface area is 157 Å². The summed E-state index contributed by atoms with van der Waals surface area (Å²) in [5, 5.41) is 3.84. The van der Waals surface area contributed by atoms with E-state index in [2.05, 4.69) is 28.2 Å². The maximum absolute atomic E-state index is 12.9. The minimum absolute atomic E-state index is 0.130. The second-order valence-electron chi connectivity index (χ2n) is 6.26. The van der Waals surface area contributed by atoms with Gasteiger partial charge in [-0.05, 0) is 49.2 Å². The molecule has 1 N–H and O–H groups in total. The van der Waals surface area contributed by atoms with Crippen LogP contribution in [0.4, 0.5) is 5.69 Å². The third kappa shape index (κ3) is 2.77. The molecule has 0 spiro atoms. The number of nitrogens with one attached hydrogen (secondary N) is 1. The summed E-state index contributed by atoms with van der Waals surface area (Å²) >= 11 is 9.41. The van der Waals surface area contributed by atoms with Gasteiger partial charge in [-0.1, -0.05) is 33.6 Å². The fourth-order valence-electron chi connectivity index (χ4n) is 3.39. The van der Waals surface area contributed by atoms with E-state index in [1.807, 2.05) is 10.6 Å². The number of halogens is 2. The molecular formula is C19H14BrClN2O2. The number of anilines is 1. The number of hydrogen-bond acceptors (Lipinski definition) is 2. The summed E-state index contributed by atoms with van der Waals surface area (Å²) in [5.74, 6) is -0.432. The van der Waals surface area contributed by atoms with Crippen LogP contribution in [0.2, 0.25) is 5.02 Å². The highest BCUT2D eigenvalue weighted by Crippen LogP contribution is 2.33. The molecule has 6 heteroatoms. The number of hydrogen-bond donors (Lipinski definition) is 1. The van der Waals surface area contributed by atoms with Crippen LogP contribution in [0, 0.1) is 0 Å². The quantitative estimate of drug-likeness (QED) is 0.652. The molecule has 0 fully saturated rings. The number of aromatic nitrogens is 1. The van der Waals surface area contributed by atoms with Crippen LogP contribution < -0.4 is 10.7 Å². The molecule has 1 aliphatic heterocycles. The average molecular weight is 418 g/mol. The van der Waals surface area contributed by atoms with E-state index in [1.165, 1.54) is 0 Å². The van der Waals surface area contributed by atoms with E-state index < -0.39 is 5.91 Å². The molecule has 0 saturated heterocycles. The van der Waals surface area contributed by atoms with Crippen molar-refractivity contribution >= 4 is 50.0 Å². The molecule has 0 aliphatic carbocycles. The first-order valence-electron chi connectivity index (χ1n) is 7.88. The Balaban J connectivity index is 1.85. The van der Waals surface area contributed by atoms with Crippen molar-refractivity contribution in [1.29, 1.82) is 0 Å². The van der Waals surface area contributed by atoms with E-state index in [0.29, 0.717) is 16.1 Å². The number of benzene rings is 2. The molecule has 2 aromatic carbocycles. The highest BCUT2D eigenvalue weighted by atomic mass is 79.9. The van der Waals surface area contributed by atoms with E-state index in [4.69, 9.17) is 11.6 Å². The summed E-state index contributed by atoms with van der Waals surface area (Å²) in [6.07, 6.45) is 2.51. The Bertz CT molecular complexity index is 1090. The van der Waals surface area contributed by atoms with Gasteiger partial charge in [0.1, 0.15) is 5.56 Å². The largest absolute Gasteiger partial charge is 0.343 e. The van der Waals surface area contributed by atoms with Gasteiger partial charge in [-0.15, -0.1) is 0 Å². The van der Waals surface area contributed by atoms with Gasteiger partial charge >= 0.3 is 0 Å². The van der Waals surface area contributed by atoms with Gasteiger partial charge < -0.3 is 9.88 Å². The minimum Gasteiger partial charge on any atom is -0.343 e. The Hall–Kier alpha value is -2.11. The molecule has 4 nitrogen and oxygen atoms in total. The van der Waals surface area contributed by atoms with E-state index in [-0.39, 0.29) is 17.0 Å². The van der Waals surface area contributed by atoms with E-state index in [9.17, 15) is 9.59 Å². The van der Waals surface area contributed by atoms with Crippen LogP contribution in [0.15, 0.2) is 51.9 Å². The molecule has 0 unspecified atom stereocenters. The molecule has 3 aromatic rings. The lowest BCUT2D eigenvalue weighted by Crippen LogP contribution is -2.23. The van der Waals surface area contributed by atoms with Crippen molar-refractivity contribution in [3.63, 3.8) is 0 Å². The molecule has 0 saturated carbocycles. The SMILES string of the molecule is C[C@@H]1Cc2cc(Br)cc3c(=O)c(C(=O)Nc4cccc(Cl)c4)cn1c23. The van der Waals surface area contributed by atoms with Crippen LogP contribution >= 0.6 is 27.5 Å². The van der Waals surface area contributed by atoms with Gasteiger partial charge in [-0.2, -0.15) is 0 Å². The zero-order valence-corrected chi connectivity index (χ0v) is 15.7. The third-order valence-electron chi connectivity index (χ3n) is 4.49. The standard InChI is InChI=1S/C19H14BrClN2O2/c1-10-5-11-6-12(20)7-15-17(11)23(10)9-16(18(15)24)19(25)22-14-4-2-3-13(21)8-14/h2-4,6-10H,5H2,1H3,(H,22,25)/t10-/m1/s1. The number of pyridine rings is 1. The lowest BCUT2D eigenvalue weighted by Gasteiger charge is -2.13. The van der Waals surface area contributed by atoms with Crippen molar-refractivity contribution in [1.82, 2.24) is 4.57 Å². The Morgan fingerprint density at radius 1 is 1.32 bits per heavy atom. The lowest BCUT2D eigenvalue weighted by atomic mass is 10.1. The number of nitrogens with zero attached hydrogens (tertiary/aromatic N) is 1. The Morgan fingerprint density at radius 3 is 2.88 bits per heavy atom. The predicted octanol–water partition coefficient (Wildman–Crippen LogP) is 4.79. The van der Waals surface area contributed by atoms with Crippen molar-refractivity contribution < 1.29 is 4.79 Å². The monoisotopic (exact) mass is 416 g/mol. The average Bonchev–Trinajstić information content (AvgIpc) is 2.86. The van der Waals surface area contributed by atoms with Crippen LogP contribution in [0.1, 0.15) is 28.9 Å². The Kier molecular flexibility index (Phi) is 3.93. The number of carbonyl (C=O) groups is 1.